The largest absolute Gasteiger partial charge is 0.366 e. The number of carbonyl (C=O) groups is 1. The maximum Gasteiger partial charge on any atom is 0.248 e. The quantitative estimate of drug-likeness (QED) is 0.265. The molecule has 0 saturated carbocycles. The highest BCUT2D eigenvalue weighted by Crippen LogP contribution is 2.35. The molecule has 2 unspecified atom stereocenters. The summed E-state index contributed by atoms with van der Waals surface area (Å²) in [5, 5.41) is 7.61. The van der Waals surface area contributed by atoms with Gasteiger partial charge in [0.1, 0.15) is 0 Å². The molecular weight excluding hydrogens is 537 g/mol. The van der Waals surface area contributed by atoms with E-state index in [2.05, 4.69) is 34.7 Å². The first-order valence-corrected chi connectivity index (χ1v) is 11.2. The molecule has 174 valence electrons. The maximum absolute atomic E-state index is 11.4. The topological polar surface area (TPSA) is 82.7 Å². The van der Waals surface area contributed by atoms with Crippen LogP contribution in [0.25, 0.3) is 0 Å². The van der Waals surface area contributed by atoms with Crippen molar-refractivity contribution < 1.29 is 4.79 Å². The summed E-state index contributed by atoms with van der Waals surface area (Å²) in [5.74, 6) is 0.786. The number of nitrogens with one attached hydrogen (secondary N) is 2. The molecule has 1 saturated heterocycles. The minimum Gasteiger partial charge on any atom is -0.366 e. The van der Waals surface area contributed by atoms with Crippen molar-refractivity contribution in [2.75, 3.05) is 26.7 Å². The van der Waals surface area contributed by atoms with Crippen LogP contribution >= 0.6 is 35.6 Å². The van der Waals surface area contributed by atoms with Crippen LogP contribution in [0.5, 0.6) is 0 Å². The Hall–Kier alpha value is -1.84. The van der Waals surface area contributed by atoms with E-state index in [1.807, 2.05) is 31.2 Å². The summed E-state index contributed by atoms with van der Waals surface area (Å²) in [6, 6.07) is 15.8. The second-order valence-corrected chi connectivity index (χ2v) is 8.46. The van der Waals surface area contributed by atoms with Crippen molar-refractivity contribution in [2.24, 2.45) is 16.6 Å². The molecule has 2 aromatic carbocycles. The summed E-state index contributed by atoms with van der Waals surface area (Å²) in [6.45, 7) is 5.19. The average molecular weight is 570 g/mol. The van der Waals surface area contributed by atoms with Crippen LogP contribution in [0.2, 0.25) is 5.02 Å². The van der Waals surface area contributed by atoms with Crippen molar-refractivity contribution in [1.29, 1.82) is 0 Å². The van der Waals surface area contributed by atoms with Gasteiger partial charge in [-0.1, -0.05) is 35.9 Å². The number of benzene rings is 2. The molecule has 3 rings (SSSR count). The van der Waals surface area contributed by atoms with Crippen molar-refractivity contribution in [3.63, 3.8) is 0 Å². The molecule has 6 nitrogen and oxygen atoms in total. The van der Waals surface area contributed by atoms with Crippen LogP contribution in [-0.2, 0) is 6.54 Å². The van der Waals surface area contributed by atoms with Crippen molar-refractivity contribution >= 4 is 47.4 Å². The Morgan fingerprint density at radius 3 is 2.72 bits per heavy atom. The number of amides is 1. The molecule has 1 fully saturated rings. The van der Waals surface area contributed by atoms with Gasteiger partial charge < -0.3 is 16.4 Å². The summed E-state index contributed by atoms with van der Waals surface area (Å²) in [4.78, 5) is 18.5. The SMILES string of the molecule is CCNC(=NCc1cccc(C(N)=O)c1)NCC1CCCN(C)C1c1cccc(Cl)c1.I. The third-order valence-corrected chi connectivity index (χ3v) is 5.94. The van der Waals surface area contributed by atoms with E-state index in [1.54, 1.807) is 12.1 Å². The fourth-order valence-electron chi connectivity index (χ4n) is 4.25. The van der Waals surface area contributed by atoms with Gasteiger partial charge in [-0.2, -0.15) is 0 Å². The zero-order valence-corrected chi connectivity index (χ0v) is 21.8. The van der Waals surface area contributed by atoms with E-state index < -0.39 is 5.91 Å². The van der Waals surface area contributed by atoms with Gasteiger partial charge in [0.05, 0.1) is 6.54 Å². The molecule has 1 amide bonds. The van der Waals surface area contributed by atoms with Crippen LogP contribution in [0.1, 0.15) is 47.3 Å². The Morgan fingerprint density at radius 1 is 1.22 bits per heavy atom. The van der Waals surface area contributed by atoms with E-state index in [0.29, 0.717) is 24.1 Å². The van der Waals surface area contributed by atoms with Crippen molar-refractivity contribution in [2.45, 2.75) is 32.4 Å². The summed E-state index contributed by atoms with van der Waals surface area (Å²) in [6.07, 6.45) is 2.32. The fourth-order valence-corrected chi connectivity index (χ4v) is 4.45. The second kappa shape index (κ2) is 13.0. The molecule has 1 heterocycles. The number of rotatable bonds is 7. The fraction of sp³-hybridized carbons (Fsp3) is 0.417. The molecule has 8 heteroatoms. The van der Waals surface area contributed by atoms with Crippen molar-refractivity contribution in [3.8, 4) is 0 Å². The lowest BCUT2D eigenvalue weighted by molar-refractivity contribution is 0.1000. The first-order chi connectivity index (χ1) is 15.0. The van der Waals surface area contributed by atoms with E-state index >= 15 is 0 Å². The van der Waals surface area contributed by atoms with E-state index in [9.17, 15) is 4.79 Å². The Bertz CT molecular complexity index is 923. The Labute approximate surface area is 213 Å². The number of nitrogens with zero attached hydrogens (tertiary/aromatic N) is 2. The predicted molar refractivity (Wildman–Crippen MR) is 143 cm³/mol. The third-order valence-electron chi connectivity index (χ3n) is 5.70. The number of nitrogens with two attached hydrogens (primary N) is 1. The lowest BCUT2D eigenvalue weighted by atomic mass is 9.85. The maximum atomic E-state index is 11.4. The number of guanidine groups is 1. The number of halogens is 2. The summed E-state index contributed by atoms with van der Waals surface area (Å²) in [5.41, 5.74) is 8.09. The number of primary amides is 1. The molecule has 1 aliphatic rings. The monoisotopic (exact) mass is 569 g/mol. The summed E-state index contributed by atoms with van der Waals surface area (Å²) < 4.78 is 0. The molecule has 0 radical (unpaired) electrons. The van der Waals surface area contributed by atoms with E-state index in [-0.39, 0.29) is 24.0 Å². The molecule has 0 aliphatic carbocycles. The Morgan fingerprint density at radius 2 is 2.00 bits per heavy atom. The van der Waals surface area contributed by atoms with Gasteiger partial charge in [-0.05, 0) is 74.7 Å². The number of carbonyl (C=O) groups excluding carboxylic acids is 1. The van der Waals surface area contributed by atoms with Crippen LogP contribution in [0.3, 0.4) is 0 Å². The molecule has 1 aliphatic heterocycles. The normalized spacial score (nSPS) is 19.2. The molecule has 32 heavy (non-hydrogen) atoms. The summed E-state index contributed by atoms with van der Waals surface area (Å²) in [7, 11) is 2.18. The van der Waals surface area contributed by atoms with Crippen LogP contribution in [0.15, 0.2) is 53.5 Å². The lowest BCUT2D eigenvalue weighted by Crippen LogP contribution is -2.45. The number of likely N-dealkylation sites (tertiary alicyclic amines) is 1. The standard InChI is InChI=1S/C24H32ClN5O.HI/c1-3-27-24(28-15-17-7-4-9-19(13-17)23(26)31)29-16-20-10-6-12-30(2)22(20)18-8-5-11-21(25)14-18;/h4-5,7-9,11,13-14,20,22H,3,6,10,12,15-16H2,1-2H3,(H2,26,31)(H2,27,28,29);1H. The van der Waals surface area contributed by atoms with E-state index in [1.165, 1.54) is 12.0 Å². The molecular formula is C24H33ClIN5O. The van der Waals surface area contributed by atoms with Crippen LogP contribution in [0, 0.1) is 5.92 Å². The minimum atomic E-state index is -0.427. The minimum absolute atomic E-state index is 0. The number of piperidine rings is 1. The van der Waals surface area contributed by atoms with Crippen LogP contribution in [-0.4, -0.2) is 43.4 Å². The van der Waals surface area contributed by atoms with Gasteiger partial charge in [0.2, 0.25) is 5.91 Å². The molecule has 4 N–H and O–H groups in total. The summed E-state index contributed by atoms with van der Waals surface area (Å²) >= 11 is 6.27. The van der Waals surface area contributed by atoms with Crippen molar-refractivity contribution in [1.82, 2.24) is 15.5 Å². The second-order valence-electron chi connectivity index (χ2n) is 8.02. The number of aliphatic imine (C=N–C) groups is 1. The molecule has 2 aromatic rings. The number of hydrogen-bond donors (Lipinski definition) is 3. The van der Waals surface area contributed by atoms with Gasteiger partial charge in [0.15, 0.2) is 5.96 Å². The van der Waals surface area contributed by atoms with Crippen LogP contribution < -0.4 is 16.4 Å². The molecule has 0 spiro atoms. The smallest absolute Gasteiger partial charge is 0.248 e. The van der Waals surface area contributed by atoms with E-state index in [4.69, 9.17) is 22.3 Å². The molecule has 2 atom stereocenters. The average Bonchev–Trinajstić information content (AvgIpc) is 2.76. The highest BCUT2D eigenvalue weighted by molar-refractivity contribution is 14.0. The van der Waals surface area contributed by atoms with Gasteiger partial charge in [0.25, 0.3) is 0 Å². The van der Waals surface area contributed by atoms with Gasteiger partial charge in [-0.25, -0.2) is 4.99 Å². The lowest BCUT2D eigenvalue weighted by Gasteiger charge is -2.40. The highest BCUT2D eigenvalue weighted by atomic mass is 127. The van der Waals surface area contributed by atoms with Crippen LogP contribution in [0.4, 0.5) is 0 Å². The highest BCUT2D eigenvalue weighted by Gasteiger charge is 2.30. The first-order valence-electron chi connectivity index (χ1n) is 10.8. The Balaban J connectivity index is 0.00000363. The zero-order chi connectivity index (χ0) is 22.2. The Kier molecular flexibility index (Phi) is 10.7. The van der Waals surface area contributed by atoms with Gasteiger partial charge in [-0.3, -0.25) is 9.69 Å². The molecule has 0 bridgehead atoms. The van der Waals surface area contributed by atoms with Gasteiger partial charge in [0, 0.05) is 29.7 Å². The zero-order valence-electron chi connectivity index (χ0n) is 18.7. The van der Waals surface area contributed by atoms with Crippen molar-refractivity contribution in [3.05, 3.63) is 70.2 Å². The first kappa shape index (κ1) is 26.4. The van der Waals surface area contributed by atoms with Gasteiger partial charge in [-0.15, -0.1) is 24.0 Å². The predicted octanol–water partition coefficient (Wildman–Crippen LogP) is 4.20. The third kappa shape index (κ3) is 7.35. The van der Waals surface area contributed by atoms with E-state index in [0.717, 1.165) is 42.6 Å². The van der Waals surface area contributed by atoms with Gasteiger partial charge >= 0.3 is 0 Å². The molecule has 0 aromatic heterocycles. The number of hydrogen-bond acceptors (Lipinski definition) is 3.